The molecule has 0 aromatic heterocycles. The first-order chi connectivity index (χ1) is 13.2. The van der Waals surface area contributed by atoms with Crippen LogP contribution in [0.2, 0.25) is 5.02 Å². The molecule has 0 aliphatic heterocycles. The van der Waals surface area contributed by atoms with Crippen LogP contribution in [-0.2, 0) is 13.2 Å². The van der Waals surface area contributed by atoms with Gasteiger partial charge in [0, 0.05) is 17.1 Å². The Morgan fingerprint density at radius 3 is 2.41 bits per heavy atom. The molecule has 0 unspecified atom stereocenters. The average molecular weight is 390 g/mol. The second kappa shape index (κ2) is 12.6. The molecule has 2 rings (SSSR count). The molecule has 0 aliphatic rings. The van der Waals surface area contributed by atoms with Gasteiger partial charge >= 0.3 is 0 Å². The molecule has 0 saturated heterocycles. The number of halogens is 1. The first kappa shape index (κ1) is 21.6. The van der Waals surface area contributed by atoms with Crippen LogP contribution in [0.25, 0.3) is 0 Å². The van der Waals surface area contributed by atoms with Gasteiger partial charge in [-0.3, -0.25) is 0 Å². The van der Waals surface area contributed by atoms with E-state index in [0.717, 1.165) is 40.7 Å². The van der Waals surface area contributed by atoms with Crippen LogP contribution in [0, 0.1) is 0 Å². The highest BCUT2D eigenvalue weighted by Gasteiger charge is 2.11. The zero-order valence-corrected chi connectivity index (χ0v) is 17.4. The number of benzene rings is 2. The molecule has 2 aromatic carbocycles. The minimum Gasteiger partial charge on any atom is -0.490 e. The predicted octanol–water partition coefficient (Wildman–Crippen LogP) is 6.38. The van der Waals surface area contributed by atoms with Crippen molar-refractivity contribution >= 4 is 11.6 Å². The van der Waals surface area contributed by atoms with Gasteiger partial charge in [0.2, 0.25) is 0 Å². The molecular formula is C23H32ClNO2. The lowest BCUT2D eigenvalue weighted by atomic mass is 10.1. The lowest BCUT2D eigenvalue weighted by molar-refractivity contribution is 0.266. The molecule has 27 heavy (non-hydrogen) atoms. The van der Waals surface area contributed by atoms with Gasteiger partial charge in [-0.1, -0.05) is 68.5 Å². The molecule has 0 aliphatic carbocycles. The van der Waals surface area contributed by atoms with Gasteiger partial charge in [-0.2, -0.15) is 0 Å². The van der Waals surface area contributed by atoms with Crippen molar-refractivity contribution in [2.45, 2.75) is 59.1 Å². The van der Waals surface area contributed by atoms with Crippen LogP contribution in [0.3, 0.4) is 0 Å². The highest BCUT2D eigenvalue weighted by molar-refractivity contribution is 6.30. The third-order valence-corrected chi connectivity index (χ3v) is 4.68. The fourth-order valence-electron chi connectivity index (χ4n) is 2.95. The summed E-state index contributed by atoms with van der Waals surface area (Å²) in [5.41, 5.74) is 2.21. The molecule has 0 atom stereocenters. The van der Waals surface area contributed by atoms with Crippen molar-refractivity contribution in [1.29, 1.82) is 0 Å². The van der Waals surface area contributed by atoms with Crippen LogP contribution >= 0.6 is 11.6 Å². The monoisotopic (exact) mass is 389 g/mol. The Morgan fingerprint density at radius 1 is 0.889 bits per heavy atom. The van der Waals surface area contributed by atoms with Crippen molar-refractivity contribution in [3.05, 3.63) is 58.6 Å². The highest BCUT2D eigenvalue weighted by atomic mass is 35.5. The van der Waals surface area contributed by atoms with E-state index in [1.54, 1.807) is 0 Å². The van der Waals surface area contributed by atoms with E-state index in [9.17, 15) is 0 Å². The molecule has 4 heteroatoms. The Labute approximate surface area is 169 Å². The van der Waals surface area contributed by atoms with E-state index in [0.29, 0.717) is 13.2 Å². The summed E-state index contributed by atoms with van der Waals surface area (Å²) in [4.78, 5) is 0. The van der Waals surface area contributed by atoms with Crippen molar-refractivity contribution in [3.63, 3.8) is 0 Å². The number of nitrogens with one attached hydrogen (secondary N) is 1. The van der Waals surface area contributed by atoms with E-state index in [2.05, 4.69) is 18.3 Å². The molecule has 2 aromatic rings. The Bertz CT molecular complexity index is 658. The number of unbranched alkanes of at least 4 members (excludes halogenated alkanes) is 4. The molecular weight excluding hydrogens is 358 g/mol. The third kappa shape index (κ3) is 7.82. The first-order valence-corrected chi connectivity index (χ1v) is 10.4. The SMILES string of the molecule is CCCCCCCNCc1cccc(OCC)c1OCc1ccc(Cl)cc1. The summed E-state index contributed by atoms with van der Waals surface area (Å²) in [6, 6.07) is 13.8. The van der Waals surface area contributed by atoms with E-state index >= 15 is 0 Å². The van der Waals surface area contributed by atoms with E-state index in [1.807, 2.05) is 43.3 Å². The normalized spacial score (nSPS) is 10.8. The van der Waals surface area contributed by atoms with E-state index in [-0.39, 0.29) is 0 Å². The van der Waals surface area contributed by atoms with Crippen LogP contribution in [0.5, 0.6) is 11.5 Å². The molecule has 1 N–H and O–H groups in total. The lowest BCUT2D eigenvalue weighted by Gasteiger charge is -2.16. The number of hydrogen-bond acceptors (Lipinski definition) is 3. The van der Waals surface area contributed by atoms with Crippen molar-refractivity contribution < 1.29 is 9.47 Å². The van der Waals surface area contributed by atoms with Gasteiger partial charge in [-0.15, -0.1) is 0 Å². The second-order valence-electron chi connectivity index (χ2n) is 6.68. The minimum atomic E-state index is 0.491. The van der Waals surface area contributed by atoms with Gasteiger partial charge in [0.05, 0.1) is 6.61 Å². The molecule has 3 nitrogen and oxygen atoms in total. The Morgan fingerprint density at radius 2 is 1.67 bits per heavy atom. The number of para-hydroxylation sites is 1. The van der Waals surface area contributed by atoms with E-state index in [1.165, 1.54) is 32.1 Å². The Kier molecular flexibility index (Phi) is 10.1. The third-order valence-electron chi connectivity index (χ3n) is 4.43. The van der Waals surface area contributed by atoms with Crippen LogP contribution in [0.15, 0.2) is 42.5 Å². The summed E-state index contributed by atoms with van der Waals surface area (Å²) in [6.07, 6.45) is 6.45. The van der Waals surface area contributed by atoms with Crippen molar-refractivity contribution in [2.24, 2.45) is 0 Å². The average Bonchev–Trinajstić information content (AvgIpc) is 2.68. The second-order valence-corrected chi connectivity index (χ2v) is 7.12. The zero-order chi connectivity index (χ0) is 19.3. The summed E-state index contributed by atoms with van der Waals surface area (Å²) in [5.74, 6) is 1.63. The quantitative estimate of drug-likeness (QED) is 0.403. The summed E-state index contributed by atoms with van der Waals surface area (Å²) in [7, 11) is 0. The van der Waals surface area contributed by atoms with Crippen LogP contribution in [0.1, 0.15) is 57.1 Å². The summed E-state index contributed by atoms with van der Waals surface area (Å²) >= 11 is 5.96. The van der Waals surface area contributed by atoms with Crippen LogP contribution in [0.4, 0.5) is 0 Å². The molecule has 0 radical (unpaired) electrons. The van der Waals surface area contributed by atoms with Crippen molar-refractivity contribution in [2.75, 3.05) is 13.2 Å². The van der Waals surface area contributed by atoms with Crippen molar-refractivity contribution in [1.82, 2.24) is 5.32 Å². The van der Waals surface area contributed by atoms with E-state index < -0.39 is 0 Å². The standard InChI is InChI=1S/C23H32ClNO2/c1-3-5-6-7-8-16-25-17-20-10-9-11-22(26-4-2)23(20)27-18-19-12-14-21(24)15-13-19/h9-15,25H,3-8,16-18H2,1-2H3. The van der Waals surface area contributed by atoms with Crippen LogP contribution < -0.4 is 14.8 Å². The maximum atomic E-state index is 6.15. The first-order valence-electron chi connectivity index (χ1n) is 10.1. The fourth-order valence-corrected chi connectivity index (χ4v) is 3.07. The van der Waals surface area contributed by atoms with Crippen LogP contribution in [-0.4, -0.2) is 13.2 Å². The molecule has 0 heterocycles. The van der Waals surface area contributed by atoms with Crippen molar-refractivity contribution in [3.8, 4) is 11.5 Å². The molecule has 148 valence electrons. The fraction of sp³-hybridized carbons (Fsp3) is 0.478. The summed E-state index contributed by atoms with van der Waals surface area (Å²) < 4.78 is 11.9. The summed E-state index contributed by atoms with van der Waals surface area (Å²) in [6.45, 7) is 7.15. The van der Waals surface area contributed by atoms with Gasteiger partial charge < -0.3 is 14.8 Å². The minimum absolute atomic E-state index is 0.491. The highest BCUT2D eigenvalue weighted by Crippen LogP contribution is 2.32. The number of hydrogen-bond donors (Lipinski definition) is 1. The molecule has 0 amide bonds. The Hall–Kier alpha value is -1.71. The molecule has 0 fully saturated rings. The maximum absolute atomic E-state index is 6.15. The molecule has 0 spiro atoms. The maximum Gasteiger partial charge on any atom is 0.166 e. The topological polar surface area (TPSA) is 30.5 Å². The van der Waals surface area contributed by atoms with Gasteiger partial charge in [0.15, 0.2) is 11.5 Å². The zero-order valence-electron chi connectivity index (χ0n) is 16.6. The largest absolute Gasteiger partial charge is 0.490 e. The molecule has 0 bridgehead atoms. The number of rotatable bonds is 13. The molecule has 0 saturated carbocycles. The predicted molar refractivity (Wildman–Crippen MR) is 114 cm³/mol. The number of ether oxygens (including phenoxy) is 2. The van der Waals surface area contributed by atoms with Gasteiger partial charge in [0.1, 0.15) is 6.61 Å². The lowest BCUT2D eigenvalue weighted by Crippen LogP contribution is -2.16. The van der Waals surface area contributed by atoms with E-state index in [4.69, 9.17) is 21.1 Å². The van der Waals surface area contributed by atoms with Gasteiger partial charge in [-0.25, -0.2) is 0 Å². The Balaban J connectivity index is 1.94. The summed E-state index contributed by atoms with van der Waals surface area (Å²) in [5, 5.41) is 4.27. The van der Waals surface area contributed by atoms with Gasteiger partial charge in [-0.05, 0) is 43.7 Å². The smallest absolute Gasteiger partial charge is 0.166 e. The van der Waals surface area contributed by atoms with Gasteiger partial charge in [0.25, 0.3) is 0 Å².